The summed E-state index contributed by atoms with van der Waals surface area (Å²) in [5.74, 6) is -0.937. The number of nitrogens with zero attached hydrogens (tertiary/aromatic N) is 1. The zero-order valence-corrected chi connectivity index (χ0v) is 11.9. The van der Waals surface area contributed by atoms with E-state index in [9.17, 15) is 9.59 Å². The Morgan fingerprint density at radius 3 is 2.81 bits per heavy atom. The highest BCUT2D eigenvalue weighted by Gasteiger charge is 2.10. The number of benzene rings is 1. The molecule has 0 aliphatic rings. The van der Waals surface area contributed by atoms with Crippen molar-refractivity contribution in [2.75, 3.05) is 11.9 Å². The summed E-state index contributed by atoms with van der Waals surface area (Å²) < 4.78 is 4.89. The standard InChI is InChI=1S/C15H12N2O3S/c16-8-12-3-1-2-4-13(12)17-14(18)9-20-15(19)7-11-5-6-21-10-11/h1-6,10H,7,9H2,(H,17,18). The smallest absolute Gasteiger partial charge is 0.310 e. The van der Waals surface area contributed by atoms with Gasteiger partial charge in [0.05, 0.1) is 17.7 Å². The average molecular weight is 300 g/mol. The van der Waals surface area contributed by atoms with Gasteiger partial charge in [-0.25, -0.2) is 0 Å². The van der Waals surface area contributed by atoms with Crippen LogP contribution in [0.2, 0.25) is 0 Å². The zero-order valence-electron chi connectivity index (χ0n) is 11.0. The van der Waals surface area contributed by atoms with Crippen LogP contribution in [0.25, 0.3) is 0 Å². The molecule has 1 aromatic heterocycles. The molecule has 6 heteroatoms. The summed E-state index contributed by atoms with van der Waals surface area (Å²) in [5.41, 5.74) is 1.62. The normalized spacial score (nSPS) is 9.67. The number of para-hydroxylation sites is 1. The van der Waals surface area contributed by atoms with Crippen LogP contribution in [0.3, 0.4) is 0 Å². The molecule has 0 atom stereocenters. The van der Waals surface area contributed by atoms with E-state index in [1.165, 1.54) is 11.3 Å². The second kappa shape index (κ2) is 7.22. The number of anilines is 1. The first-order valence-corrected chi connectivity index (χ1v) is 7.09. The van der Waals surface area contributed by atoms with Gasteiger partial charge in [0.2, 0.25) is 0 Å². The van der Waals surface area contributed by atoms with Gasteiger partial charge in [-0.05, 0) is 34.5 Å². The van der Waals surface area contributed by atoms with Gasteiger partial charge in [-0.15, -0.1) is 0 Å². The number of hydrogen-bond acceptors (Lipinski definition) is 5. The van der Waals surface area contributed by atoms with Crippen molar-refractivity contribution in [3.63, 3.8) is 0 Å². The Morgan fingerprint density at radius 2 is 2.10 bits per heavy atom. The minimum Gasteiger partial charge on any atom is -0.455 e. The van der Waals surface area contributed by atoms with Gasteiger partial charge >= 0.3 is 5.97 Å². The van der Waals surface area contributed by atoms with E-state index < -0.39 is 11.9 Å². The lowest BCUT2D eigenvalue weighted by molar-refractivity contribution is -0.146. The van der Waals surface area contributed by atoms with E-state index in [0.29, 0.717) is 11.3 Å². The molecule has 0 spiro atoms. The van der Waals surface area contributed by atoms with Crippen LogP contribution in [0.15, 0.2) is 41.1 Å². The van der Waals surface area contributed by atoms with Crippen LogP contribution < -0.4 is 5.32 Å². The number of thiophene rings is 1. The molecular weight excluding hydrogens is 288 g/mol. The minimum absolute atomic E-state index is 0.144. The molecule has 2 aromatic rings. The van der Waals surface area contributed by atoms with Crippen LogP contribution in [-0.2, 0) is 20.7 Å². The number of ether oxygens (including phenoxy) is 1. The van der Waals surface area contributed by atoms with Crippen molar-refractivity contribution in [2.24, 2.45) is 0 Å². The first kappa shape index (κ1) is 14.8. The van der Waals surface area contributed by atoms with E-state index in [0.717, 1.165) is 5.56 Å². The summed E-state index contributed by atoms with van der Waals surface area (Å²) in [6, 6.07) is 10.4. The molecule has 0 aliphatic heterocycles. The molecular formula is C15H12N2O3S. The number of esters is 1. The summed E-state index contributed by atoms with van der Waals surface area (Å²) in [4.78, 5) is 23.2. The summed E-state index contributed by atoms with van der Waals surface area (Å²) in [7, 11) is 0. The number of carbonyl (C=O) groups is 2. The SMILES string of the molecule is N#Cc1ccccc1NC(=O)COC(=O)Cc1ccsc1. The van der Waals surface area contributed by atoms with Gasteiger partial charge in [0.25, 0.3) is 5.91 Å². The number of hydrogen-bond donors (Lipinski definition) is 1. The Hall–Kier alpha value is -2.65. The van der Waals surface area contributed by atoms with Crippen LogP contribution >= 0.6 is 11.3 Å². The highest BCUT2D eigenvalue weighted by molar-refractivity contribution is 7.07. The quantitative estimate of drug-likeness (QED) is 0.860. The second-order valence-corrected chi connectivity index (χ2v) is 4.95. The Labute approximate surface area is 125 Å². The molecule has 1 N–H and O–H groups in total. The van der Waals surface area contributed by atoms with Gasteiger partial charge in [0.15, 0.2) is 6.61 Å². The van der Waals surface area contributed by atoms with E-state index in [-0.39, 0.29) is 13.0 Å². The van der Waals surface area contributed by atoms with Gasteiger partial charge in [0, 0.05) is 0 Å². The number of rotatable bonds is 5. The third-order valence-corrected chi connectivity index (χ3v) is 3.35. The van der Waals surface area contributed by atoms with Gasteiger partial charge in [-0.3, -0.25) is 9.59 Å². The van der Waals surface area contributed by atoms with E-state index in [4.69, 9.17) is 10.00 Å². The van der Waals surface area contributed by atoms with Crippen molar-refractivity contribution in [1.29, 1.82) is 5.26 Å². The first-order chi connectivity index (χ1) is 10.2. The first-order valence-electron chi connectivity index (χ1n) is 6.14. The molecule has 0 saturated carbocycles. The molecule has 106 valence electrons. The van der Waals surface area contributed by atoms with Gasteiger partial charge in [-0.2, -0.15) is 16.6 Å². The van der Waals surface area contributed by atoms with Crippen LogP contribution in [-0.4, -0.2) is 18.5 Å². The van der Waals surface area contributed by atoms with Crippen LogP contribution in [0.5, 0.6) is 0 Å². The van der Waals surface area contributed by atoms with Crippen LogP contribution in [0.1, 0.15) is 11.1 Å². The Morgan fingerprint density at radius 1 is 1.29 bits per heavy atom. The molecule has 0 aliphatic carbocycles. The molecule has 0 fully saturated rings. The lowest BCUT2D eigenvalue weighted by Gasteiger charge is -2.07. The Kier molecular flexibility index (Phi) is 5.07. The predicted molar refractivity (Wildman–Crippen MR) is 78.8 cm³/mol. The van der Waals surface area contributed by atoms with Crippen molar-refractivity contribution in [3.05, 3.63) is 52.2 Å². The van der Waals surface area contributed by atoms with Crippen molar-refractivity contribution < 1.29 is 14.3 Å². The molecule has 0 radical (unpaired) electrons. The Bertz CT molecular complexity index is 674. The fourth-order valence-corrected chi connectivity index (χ4v) is 2.30. The molecule has 21 heavy (non-hydrogen) atoms. The fourth-order valence-electron chi connectivity index (χ4n) is 1.63. The van der Waals surface area contributed by atoms with E-state index in [1.807, 2.05) is 22.9 Å². The minimum atomic E-state index is -0.476. The third-order valence-electron chi connectivity index (χ3n) is 2.61. The fraction of sp³-hybridized carbons (Fsp3) is 0.133. The number of amides is 1. The largest absolute Gasteiger partial charge is 0.455 e. The monoisotopic (exact) mass is 300 g/mol. The highest BCUT2D eigenvalue weighted by Crippen LogP contribution is 2.13. The summed E-state index contributed by atoms with van der Waals surface area (Å²) >= 11 is 1.49. The lowest BCUT2D eigenvalue weighted by atomic mass is 10.2. The maximum absolute atomic E-state index is 11.7. The number of nitriles is 1. The second-order valence-electron chi connectivity index (χ2n) is 4.17. The van der Waals surface area contributed by atoms with Gasteiger partial charge in [-0.1, -0.05) is 12.1 Å². The molecule has 5 nitrogen and oxygen atoms in total. The van der Waals surface area contributed by atoms with Crippen molar-refractivity contribution >= 4 is 28.9 Å². The molecule has 2 rings (SSSR count). The van der Waals surface area contributed by atoms with Crippen molar-refractivity contribution in [3.8, 4) is 6.07 Å². The topological polar surface area (TPSA) is 79.2 Å². The van der Waals surface area contributed by atoms with Crippen LogP contribution in [0.4, 0.5) is 5.69 Å². The van der Waals surface area contributed by atoms with Crippen LogP contribution in [0, 0.1) is 11.3 Å². The lowest BCUT2D eigenvalue weighted by Crippen LogP contribution is -2.22. The van der Waals surface area contributed by atoms with Crippen molar-refractivity contribution in [1.82, 2.24) is 0 Å². The summed E-state index contributed by atoms with van der Waals surface area (Å²) in [5, 5.41) is 15.2. The maximum Gasteiger partial charge on any atom is 0.310 e. The zero-order chi connectivity index (χ0) is 15.1. The Balaban J connectivity index is 1.82. The summed E-state index contributed by atoms with van der Waals surface area (Å²) in [6.07, 6.45) is 0.144. The number of nitrogens with one attached hydrogen (secondary N) is 1. The highest BCUT2D eigenvalue weighted by atomic mass is 32.1. The van der Waals surface area contributed by atoms with Gasteiger partial charge in [0.1, 0.15) is 6.07 Å². The van der Waals surface area contributed by atoms with E-state index in [1.54, 1.807) is 24.3 Å². The van der Waals surface area contributed by atoms with Crippen molar-refractivity contribution in [2.45, 2.75) is 6.42 Å². The van der Waals surface area contributed by atoms with Gasteiger partial charge < -0.3 is 10.1 Å². The summed E-state index contributed by atoms with van der Waals surface area (Å²) in [6.45, 7) is -0.372. The van der Waals surface area contributed by atoms with E-state index >= 15 is 0 Å². The number of carbonyl (C=O) groups excluding carboxylic acids is 2. The third kappa shape index (κ3) is 4.44. The molecule has 0 saturated heterocycles. The molecule has 1 heterocycles. The molecule has 0 unspecified atom stereocenters. The van der Waals surface area contributed by atoms with E-state index in [2.05, 4.69) is 5.32 Å². The molecule has 1 amide bonds. The predicted octanol–water partition coefficient (Wildman–Crippen LogP) is 2.34. The average Bonchev–Trinajstić information content (AvgIpc) is 2.98. The molecule has 1 aromatic carbocycles. The molecule has 0 bridgehead atoms. The maximum atomic E-state index is 11.7.